The molecule has 13 heavy (non-hydrogen) atoms. The SMILES string of the molecule is CNC(C#N)c1cc(C)ccc1O. The quantitative estimate of drug-likeness (QED) is 0.717. The van der Waals surface area contributed by atoms with Crippen LogP contribution in [0.15, 0.2) is 18.2 Å². The van der Waals surface area contributed by atoms with Crippen molar-refractivity contribution in [1.29, 1.82) is 5.26 Å². The Morgan fingerprint density at radius 2 is 2.23 bits per heavy atom. The number of nitrogens with zero attached hydrogens (tertiary/aromatic N) is 1. The van der Waals surface area contributed by atoms with Crippen molar-refractivity contribution in [3.8, 4) is 11.8 Å². The van der Waals surface area contributed by atoms with Gasteiger partial charge in [0, 0.05) is 5.56 Å². The number of aromatic hydroxyl groups is 1. The number of nitrogens with one attached hydrogen (secondary N) is 1. The Labute approximate surface area is 77.6 Å². The highest BCUT2D eigenvalue weighted by molar-refractivity contribution is 5.40. The van der Waals surface area contributed by atoms with Crippen molar-refractivity contribution in [3.63, 3.8) is 0 Å². The molecule has 0 heterocycles. The second-order valence-electron chi connectivity index (χ2n) is 2.91. The van der Waals surface area contributed by atoms with E-state index >= 15 is 0 Å². The van der Waals surface area contributed by atoms with Crippen molar-refractivity contribution in [3.05, 3.63) is 29.3 Å². The maximum Gasteiger partial charge on any atom is 0.124 e. The van der Waals surface area contributed by atoms with E-state index in [1.165, 1.54) is 0 Å². The van der Waals surface area contributed by atoms with E-state index in [-0.39, 0.29) is 5.75 Å². The summed E-state index contributed by atoms with van der Waals surface area (Å²) >= 11 is 0. The van der Waals surface area contributed by atoms with Crippen molar-refractivity contribution < 1.29 is 5.11 Å². The van der Waals surface area contributed by atoms with Crippen molar-refractivity contribution in [2.45, 2.75) is 13.0 Å². The lowest BCUT2D eigenvalue weighted by Crippen LogP contribution is -2.14. The van der Waals surface area contributed by atoms with E-state index in [9.17, 15) is 5.11 Å². The first-order valence-electron chi connectivity index (χ1n) is 4.05. The zero-order valence-electron chi connectivity index (χ0n) is 7.70. The van der Waals surface area contributed by atoms with Crippen LogP contribution in [0.3, 0.4) is 0 Å². The van der Waals surface area contributed by atoms with E-state index in [0.717, 1.165) is 5.56 Å². The zero-order valence-corrected chi connectivity index (χ0v) is 7.70. The van der Waals surface area contributed by atoms with E-state index < -0.39 is 6.04 Å². The molecule has 1 rings (SSSR count). The van der Waals surface area contributed by atoms with Crippen LogP contribution in [0.2, 0.25) is 0 Å². The fourth-order valence-electron chi connectivity index (χ4n) is 1.19. The van der Waals surface area contributed by atoms with Crippen molar-refractivity contribution in [2.24, 2.45) is 0 Å². The Bertz CT molecular complexity index is 341. The van der Waals surface area contributed by atoms with Gasteiger partial charge < -0.3 is 10.4 Å². The zero-order chi connectivity index (χ0) is 9.84. The molecule has 0 radical (unpaired) electrons. The van der Waals surface area contributed by atoms with Crippen LogP contribution in [-0.4, -0.2) is 12.2 Å². The molecular weight excluding hydrogens is 164 g/mol. The average molecular weight is 176 g/mol. The molecule has 0 fully saturated rings. The molecule has 1 unspecified atom stereocenters. The van der Waals surface area contributed by atoms with E-state index in [1.807, 2.05) is 13.0 Å². The summed E-state index contributed by atoms with van der Waals surface area (Å²) in [5, 5.41) is 21.1. The van der Waals surface area contributed by atoms with Gasteiger partial charge in [0.25, 0.3) is 0 Å². The summed E-state index contributed by atoms with van der Waals surface area (Å²) < 4.78 is 0. The topological polar surface area (TPSA) is 56.0 Å². The summed E-state index contributed by atoms with van der Waals surface area (Å²) in [6, 6.07) is 6.84. The highest BCUT2D eigenvalue weighted by Crippen LogP contribution is 2.24. The summed E-state index contributed by atoms with van der Waals surface area (Å²) in [6.45, 7) is 1.92. The first kappa shape index (κ1) is 9.56. The summed E-state index contributed by atoms with van der Waals surface area (Å²) in [5.41, 5.74) is 1.66. The third kappa shape index (κ3) is 1.98. The number of hydrogen-bond acceptors (Lipinski definition) is 3. The van der Waals surface area contributed by atoms with Crippen LogP contribution in [-0.2, 0) is 0 Å². The standard InChI is InChI=1S/C10H12N2O/c1-7-3-4-10(13)8(5-7)9(6-11)12-2/h3-5,9,12-13H,1-2H3. The molecule has 0 saturated heterocycles. The Morgan fingerprint density at radius 3 is 2.77 bits per heavy atom. The Hall–Kier alpha value is -1.53. The average Bonchev–Trinajstić information content (AvgIpc) is 2.13. The molecule has 3 nitrogen and oxygen atoms in total. The summed E-state index contributed by atoms with van der Waals surface area (Å²) in [5.74, 6) is 0.159. The molecule has 1 aromatic rings. The Morgan fingerprint density at radius 1 is 1.54 bits per heavy atom. The Balaban J connectivity index is 3.13. The number of rotatable bonds is 2. The smallest absolute Gasteiger partial charge is 0.124 e. The summed E-state index contributed by atoms with van der Waals surface area (Å²) in [4.78, 5) is 0. The highest BCUT2D eigenvalue weighted by Gasteiger charge is 2.11. The van der Waals surface area contributed by atoms with Crippen LogP contribution in [0.5, 0.6) is 5.75 Å². The first-order valence-corrected chi connectivity index (χ1v) is 4.05. The minimum absolute atomic E-state index is 0.159. The van der Waals surface area contributed by atoms with Gasteiger partial charge in [-0.3, -0.25) is 0 Å². The molecule has 0 aliphatic rings. The molecule has 0 amide bonds. The van der Waals surface area contributed by atoms with Gasteiger partial charge in [-0.2, -0.15) is 5.26 Å². The number of nitriles is 1. The van der Waals surface area contributed by atoms with Crippen LogP contribution in [0.1, 0.15) is 17.2 Å². The Kier molecular flexibility index (Phi) is 2.88. The van der Waals surface area contributed by atoms with Gasteiger partial charge in [-0.1, -0.05) is 11.6 Å². The third-order valence-electron chi connectivity index (χ3n) is 1.91. The molecule has 1 atom stereocenters. The van der Waals surface area contributed by atoms with Gasteiger partial charge >= 0.3 is 0 Å². The minimum atomic E-state index is -0.445. The van der Waals surface area contributed by atoms with Crippen molar-refractivity contribution in [1.82, 2.24) is 5.32 Å². The van der Waals surface area contributed by atoms with Gasteiger partial charge in [0.05, 0.1) is 6.07 Å². The van der Waals surface area contributed by atoms with Gasteiger partial charge in [0.1, 0.15) is 11.8 Å². The molecule has 1 aromatic carbocycles. The second-order valence-corrected chi connectivity index (χ2v) is 2.91. The van der Waals surface area contributed by atoms with Crippen LogP contribution in [0.25, 0.3) is 0 Å². The fourth-order valence-corrected chi connectivity index (χ4v) is 1.19. The summed E-state index contributed by atoms with van der Waals surface area (Å²) in [6.07, 6.45) is 0. The van der Waals surface area contributed by atoms with Gasteiger partial charge in [0.15, 0.2) is 0 Å². The van der Waals surface area contributed by atoms with Gasteiger partial charge in [-0.05, 0) is 26.1 Å². The van der Waals surface area contributed by atoms with Crippen molar-refractivity contribution >= 4 is 0 Å². The van der Waals surface area contributed by atoms with Gasteiger partial charge in [0.2, 0.25) is 0 Å². The fraction of sp³-hybridized carbons (Fsp3) is 0.300. The van der Waals surface area contributed by atoms with Crippen LogP contribution < -0.4 is 5.32 Å². The molecule has 0 spiro atoms. The third-order valence-corrected chi connectivity index (χ3v) is 1.91. The normalized spacial score (nSPS) is 12.1. The molecule has 3 heteroatoms. The molecule has 0 aliphatic carbocycles. The lowest BCUT2D eigenvalue weighted by molar-refractivity contribution is 0.462. The molecule has 0 bridgehead atoms. The molecule has 68 valence electrons. The lowest BCUT2D eigenvalue weighted by atomic mass is 10.0. The molecule has 0 aromatic heterocycles. The second kappa shape index (κ2) is 3.92. The molecule has 0 saturated carbocycles. The number of phenols is 1. The van der Waals surface area contributed by atoms with E-state index in [2.05, 4.69) is 11.4 Å². The molecular formula is C10H12N2O. The predicted octanol–water partition coefficient (Wildman–Crippen LogP) is 1.48. The number of hydrogen-bond donors (Lipinski definition) is 2. The molecule has 0 aliphatic heterocycles. The first-order chi connectivity index (χ1) is 6.19. The number of phenolic OH excluding ortho intramolecular Hbond substituents is 1. The maximum atomic E-state index is 9.48. The van der Waals surface area contributed by atoms with Crippen LogP contribution in [0, 0.1) is 18.3 Å². The number of aryl methyl sites for hydroxylation is 1. The lowest BCUT2D eigenvalue weighted by Gasteiger charge is -2.10. The minimum Gasteiger partial charge on any atom is -0.508 e. The largest absolute Gasteiger partial charge is 0.508 e. The molecule has 2 N–H and O–H groups in total. The monoisotopic (exact) mass is 176 g/mol. The van der Waals surface area contributed by atoms with E-state index in [1.54, 1.807) is 19.2 Å². The van der Waals surface area contributed by atoms with E-state index in [4.69, 9.17) is 5.26 Å². The van der Waals surface area contributed by atoms with Crippen LogP contribution >= 0.6 is 0 Å². The van der Waals surface area contributed by atoms with Gasteiger partial charge in [-0.15, -0.1) is 0 Å². The van der Waals surface area contributed by atoms with Gasteiger partial charge in [-0.25, -0.2) is 0 Å². The maximum absolute atomic E-state index is 9.48. The number of benzene rings is 1. The van der Waals surface area contributed by atoms with E-state index in [0.29, 0.717) is 5.56 Å². The highest BCUT2D eigenvalue weighted by atomic mass is 16.3. The summed E-state index contributed by atoms with van der Waals surface area (Å²) in [7, 11) is 1.69. The van der Waals surface area contributed by atoms with Crippen molar-refractivity contribution in [2.75, 3.05) is 7.05 Å². The van der Waals surface area contributed by atoms with Crippen LogP contribution in [0.4, 0.5) is 0 Å². The predicted molar refractivity (Wildman–Crippen MR) is 50.3 cm³/mol.